The average molecular weight is 220 g/mol. The van der Waals surface area contributed by atoms with E-state index in [4.69, 9.17) is 9.84 Å². The van der Waals surface area contributed by atoms with E-state index in [1.807, 2.05) is 6.08 Å². The molecule has 0 bridgehead atoms. The first-order valence-electron chi connectivity index (χ1n) is 5.35. The molecule has 1 aromatic carbocycles. The minimum absolute atomic E-state index is 0.295. The van der Waals surface area contributed by atoms with Crippen LogP contribution in [0.2, 0.25) is 0 Å². The zero-order valence-electron chi connectivity index (χ0n) is 9.35. The van der Waals surface area contributed by atoms with E-state index < -0.39 is 5.97 Å². The fourth-order valence-electron chi connectivity index (χ4n) is 1.16. The van der Waals surface area contributed by atoms with E-state index in [0.717, 1.165) is 25.0 Å². The molecule has 16 heavy (non-hydrogen) atoms. The summed E-state index contributed by atoms with van der Waals surface area (Å²) in [5.74, 6) is -0.908. The lowest BCUT2D eigenvalue weighted by Gasteiger charge is -1.98. The van der Waals surface area contributed by atoms with Crippen molar-refractivity contribution in [1.29, 1.82) is 0 Å². The number of hydrogen-bond acceptors (Lipinski definition) is 2. The van der Waals surface area contributed by atoms with Crippen LogP contribution in [-0.4, -0.2) is 17.7 Å². The number of hydrogen-bond donors (Lipinski definition) is 1. The van der Waals surface area contributed by atoms with Crippen LogP contribution >= 0.6 is 0 Å². The van der Waals surface area contributed by atoms with E-state index in [1.165, 1.54) is 0 Å². The molecule has 1 rings (SSSR count). The van der Waals surface area contributed by atoms with Gasteiger partial charge < -0.3 is 9.84 Å². The predicted octanol–water partition coefficient (Wildman–Crippen LogP) is 3.17. The number of unbranched alkanes of at least 4 members (excludes halogenated alkanes) is 1. The maximum Gasteiger partial charge on any atom is 0.335 e. The smallest absolute Gasteiger partial charge is 0.335 e. The van der Waals surface area contributed by atoms with Crippen LogP contribution in [0.1, 0.15) is 35.7 Å². The highest BCUT2D eigenvalue weighted by Gasteiger charge is 1.99. The first kappa shape index (κ1) is 12.3. The summed E-state index contributed by atoms with van der Waals surface area (Å²) in [6.07, 6.45) is 5.62. The zero-order chi connectivity index (χ0) is 11.8. The van der Waals surface area contributed by atoms with Gasteiger partial charge in [-0.2, -0.15) is 0 Å². The first-order valence-corrected chi connectivity index (χ1v) is 5.35. The standard InChI is InChI=1S/C13H16O3/c1-2-3-9-16-10-8-11-4-6-12(7-5-11)13(14)15/h4-8,10H,2-3,9H2,1H3,(H,14,15). The molecule has 0 heterocycles. The van der Waals surface area contributed by atoms with E-state index in [1.54, 1.807) is 30.5 Å². The minimum Gasteiger partial charge on any atom is -0.501 e. The Balaban J connectivity index is 2.45. The van der Waals surface area contributed by atoms with Gasteiger partial charge in [-0.15, -0.1) is 0 Å². The molecule has 0 saturated heterocycles. The van der Waals surface area contributed by atoms with Crippen LogP contribution in [0, 0.1) is 0 Å². The van der Waals surface area contributed by atoms with E-state index in [2.05, 4.69) is 6.92 Å². The molecule has 1 aromatic rings. The number of carbonyl (C=O) groups is 1. The Morgan fingerprint density at radius 1 is 1.38 bits per heavy atom. The van der Waals surface area contributed by atoms with E-state index in [9.17, 15) is 4.79 Å². The molecular weight excluding hydrogens is 204 g/mol. The van der Waals surface area contributed by atoms with Crippen LogP contribution < -0.4 is 0 Å². The molecule has 0 atom stereocenters. The molecule has 86 valence electrons. The van der Waals surface area contributed by atoms with Crippen molar-refractivity contribution in [3.8, 4) is 0 Å². The monoisotopic (exact) mass is 220 g/mol. The summed E-state index contributed by atoms with van der Waals surface area (Å²) in [5, 5.41) is 8.71. The van der Waals surface area contributed by atoms with Crippen molar-refractivity contribution in [2.24, 2.45) is 0 Å². The quantitative estimate of drug-likeness (QED) is 0.591. The number of ether oxygens (including phenoxy) is 1. The van der Waals surface area contributed by atoms with Gasteiger partial charge in [0.2, 0.25) is 0 Å². The van der Waals surface area contributed by atoms with Crippen molar-refractivity contribution >= 4 is 12.0 Å². The van der Waals surface area contributed by atoms with Crippen LogP contribution in [0.25, 0.3) is 6.08 Å². The summed E-state index contributed by atoms with van der Waals surface area (Å²) in [6, 6.07) is 6.66. The molecule has 1 N–H and O–H groups in total. The Hall–Kier alpha value is -1.77. The molecule has 0 unspecified atom stereocenters. The molecule has 0 spiro atoms. The molecule has 0 fully saturated rings. The second-order valence-corrected chi connectivity index (χ2v) is 3.45. The zero-order valence-corrected chi connectivity index (χ0v) is 9.35. The third-order valence-corrected chi connectivity index (χ3v) is 2.13. The van der Waals surface area contributed by atoms with Gasteiger partial charge >= 0.3 is 5.97 Å². The summed E-state index contributed by atoms with van der Waals surface area (Å²) >= 11 is 0. The van der Waals surface area contributed by atoms with Gasteiger partial charge in [-0.05, 0) is 30.2 Å². The number of benzene rings is 1. The molecule has 0 saturated carbocycles. The second kappa shape index (κ2) is 6.67. The Bertz CT molecular complexity index is 352. The van der Waals surface area contributed by atoms with Crippen LogP contribution in [0.15, 0.2) is 30.5 Å². The predicted molar refractivity (Wildman–Crippen MR) is 63.3 cm³/mol. The molecule has 3 heteroatoms. The van der Waals surface area contributed by atoms with Gasteiger partial charge in [-0.25, -0.2) is 4.79 Å². The van der Waals surface area contributed by atoms with Gasteiger partial charge in [0.15, 0.2) is 0 Å². The maximum absolute atomic E-state index is 10.6. The summed E-state index contributed by atoms with van der Waals surface area (Å²) < 4.78 is 5.26. The third-order valence-electron chi connectivity index (χ3n) is 2.13. The highest BCUT2D eigenvalue weighted by Crippen LogP contribution is 2.06. The average Bonchev–Trinajstić information content (AvgIpc) is 2.29. The highest BCUT2D eigenvalue weighted by molar-refractivity contribution is 5.87. The second-order valence-electron chi connectivity index (χ2n) is 3.45. The summed E-state index contributed by atoms with van der Waals surface area (Å²) in [4.78, 5) is 10.6. The fourth-order valence-corrected chi connectivity index (χ4v) is 1.16. The van der Waals surface area contributed by atoms with Gasteiger partial charge in [0.05, 0.1) is 18.4 Å². The molecule has 0 amide bonds. The SMILES string of the molecule is CCCCOC=Cc1ccc(C(=O)O)cc1. The lowest BCUT2D eigenvalue weighted by atomic mass is 10.1. The number of carboxylic acid groups (broad SMARTS) is 1. The topological polar surface area (TPSA) is 46.5 Å². The van der Waals surface area contributed by atoms with Crippen LogP contribution in [0.5, 0.6) is 0 Å². The Morgan fingerprint density at radius 2 is 2.06 bits per heavy atom. The van der Waals surface area contributed by atoms with Gasteiger partial charge in [0, 0.05) is 0 Å². The molecule has 0 aliphatic carbocycles. The van der Waals surface area contributed by atoms with Gasteiger partial charge in [-0.3, -0.25) is 0 Å². The molecule has 3 nitrogen and oxygen atoms in total. The van der Waals surface area contributed by atoms with Crippen molar-refractivity contribution in [1.82, 2.24) is 0 Å². The molecule has 0 radical (unpaired) electrons. The molecular formula is C13H16O3. The summed E-state index contributed by atoms with van der Waals surface area (Å²) in [5.41, 5.74) is 1.23. The van der Waals surface area contributed by atoms with Crippen molar-refractivity contribution in [3.05, 3.63) is 41.7 Å². The normalized spacial score (nSPS) is 10.6. The number of aromatic carboxylic acids is 1. The lowest BCUT2D eigenvalue weighted by molar-refractivity contribution is 0.0697. The molecule has 0 aliphatic rings. The molecule has 0 aliphatic heterocycles. The lowest BCUT2D eigenvalue weighted by Crippen LogP contribution is -1.94. The van der Waals surface area contributed by atoms with Crippen LogP contribution in [0.3, 0.4) is 0 Å². The molecule has 0 aromatic heterocycles. The van der Waals surface area contributed by atoms with E-state index >= 15 is 0 Å². The van der Waals surface area contributed by atoms with E-state index in [-0.39, 0.29) is 0 Å². The van der Waals surface area contributed by atoms with Crippen molar-refractivity contribution in [2.75, 3.05) is 6.61 Å². The highest BCUT2D eigenvalue weighted by atomic mass is 16.5. The van der Waals surface area contributed by atoms with Gasteiger partial charge in [0.25, 0.3) is 0 Å². The maximum atomic E-state index is 10.6. The number of carboxylic acids is 1. The van der Waals surface area contributed by atoms with Crippen molar-refractivity contribution in [3.63, 3.8) is 0 Å². The summed E-state index contributed by atoms with van der Waals surface area (Å²) in [6.45, 7) is 2.83. The van der Waals surface area contributed by atoms with Crippen molar-refractivity contribution in [2.45, 2.75) is 19.8 Å². The minimum atomic E-state index is -0.908. The first-order chi connectivity index (χ1) is 7.74. The summed E-state index contributed by atoms with van der Waals surface area (Å²) in [7, 11) is 0. The van der Waals surface area contributed by atoms with Crippen LogP contribution in [0.4, 0.5) is 0 Å². The Labute approximate surface area is 95.4 Å². The third kappa shape index (κ3) is 4.17. The number of rotatable bonds is 6. The fraction of sp³-hybridized carbons (Fsp3) is 0.308. The largest absolute Gasteiger partial charge is 0.501 e. The Kier molecular flexibility index (Phi) is 5.12. The van der Waals surface area contributed by atoms with Gasteiger partial charge in [-0.1, -0.05) is 25.5 Å². The van der Waals surface area contributed by atoms with E-state index in [0.29, 0.717) is 5.56 Å². The Morgan fingerprint density at radius 3 is 2.62 bits per heavy atom. The van der Waals surface area contributed by atoms with Gasteiger partial charge in [0.1, 0.15) is 0 Å². The van der Waals surface area contributed by atoms with Crippen LogP contribution in [-0.2, 0) is 4.74 Å². The van der Waals surface area contributed by atoms with Crippen molar-refractivity contribution < 1.29 is 14.6 Å².